The third kappa shape index (κ3) is 4.11. The Morgan fingerprint density at radius 1 is 1.17 bits per heavy atom. The van der Waals surface area contributed by atoms with Crippen molar-refractivity contribution in [2.24, 2.45) is 0 Å². The molecule has 4 nitrogen and oxygen atoms in total. The number of anilines is 1. The number of fused-ring (bicyclic) bond motifs is 1. The van der Waals surface area contributed by atoms with Gasteiger partial charge in [-0.1, -0.05) is 18.2 Å². The molecule has 0 radical (unpaired) electrons. The molecule has 0 fully saturated rings. The summed E-state index contributed by atoms with van der Waals surface area (Å²) in [6.45, 7) is -2.21. The number of nitrogens with one attached hydrogen (secondary N) is 2. The number of benzene rings is 2. The predicted octanol–water partition coefficient (Wildman–Crippen LogP) is 4.10. The first-order valence-electron chi connectivity index (χ1n) is 7.46. The Bertz CT molecular complexity index is 710. The smallest absolute Gasteiger partial charge is 0.387 e. The van der Waals surface area contributed by atoms with Gasteiger partial charge in [0.25, 0.3) is 0 Å². The molecular formula is C17H16F2N2O2S. The van der Waals surface area contributed by atoms with E-state index in [-0.39, 0.29) is 11.8 Å². The van der Waals surface area contributed by atoms with E-state index in [9.17, 15) is 8.78 Å². The van der Waals surface area contributed by atoms with Gasteiger partial charge < -0.3 is 20.1 Å². The van der Waals surface area contributed by atoms with Crippen molar-refractivity contribution in [1.29, 1.82) is 0 Å². The molecule has 126 valence electrons. The molecule has 1 aliphatic rings. The molecule has 2 aromatic carbocycles. The maximum Gasteiger partial charge on any atom is 0.387 e. The zero-order valence-electron chi connectivity index (χ0n) is 12.7. The summed E-state index contributed by atoms with van der Waals surface area (Å²) in [7, 11) is 0. The molecule has 0 aliphatic carbocycles. The maximum absolute atomic E-state index is 12.1. The van der Waals surface area contributed by atoms with Crippen molar-refractivity contribution in [3.05, 3.63) is 54.1 Å². The molecule has 2 aromatic rings. The third-order valence-electron chi connectivity index (χ3n) is 3.60. The number of hydrogen-bond acceptors (Lipinski definition) is 3. The number of thiocarbonyl (C=S) groups is 1. The highest BCUT2D eigenvalue weighted by atomic mass is 32.1. The van der Waals surface area contributed by atoms with Crippen LogP contribution in [0.4, 0.5) is 14.5 Å². The molecule has 0 unspecified atom stereocenters. The van der Waals surface area contributed by atoms with E-state index < -0.39 is 6.61 Å². The van der Waals surface area contributed by atoms with Crippen molar-refractivity contribution in [3.63, 3.8) is 0 Å². The van der Waals surface area contributed by atoms with Gasteiger partial charge in [-0.15, -0.1) is 0 Å². The Labute approximate surface area is 143 Å². The van der Waals surface area contributed by atoms with E-state index in [4.69, 9.17) is 17.0 Å². The van der Waals surface area contributed by atoms with Crippen molar-refractivity contribution in [1.82, 2.24) is 5.32 Å². The second-order valence-electron chi connectivity index (χ2n) is 5.23. The van der Waals surface area contributed by atoms with Crippen LogP contribution < -0.4 is 20.1 Å². The van der Waals surface area contributed by atoms with Crippen LogP contribution in [0, 0.1) is 0 Å². The highest BCUT2D eigenvalue weighted by molar-refractivity contribution is 7.80. The van der Waals surface area contributed by atoms with Crippen molar-refractivity contribution >= 4 is 23.0 Å². The molecule has 1 aliphatic heterocycles. The van der Waals surface area contributed by atoms with E-state index in [1.54, 1.807) is 12.1 Å². The van der Waals surface area contributed by atoms with Crippen LogP contribution in [0.3, 0.4) is 0 Å². The van der Waals surface area contributed by atoms with Crippen molar-refractivity contribution in [2.45, 2.75) is 19.1 Å². The van der Waals surface area contributed by atoms with Crippen LogP contribution in [0.25, 0.3) is 0 Å². The van der Waals surface area contributed by atoms with Gasteiger partial charge in [-0.05, 0) is 42.5 Å². The summed E-state index contributed by atoms with van der Waals surface area (Å²) in [5.41, 5.74) is 1.75. The summed E-state index contributed by atoms with van der Waals surface area (Å²) in [5.74, 6) is 0.963. The lowest BCUT2D eigenvalue weighted by atomic mass is 10.0. The fourth-order valence-electron chi connectivity index (χ4n) is 2.54. The Morgan fingerprint density at radius 2 is 1.92 bits per heavy atom. The molecular weight excluding hydrogens is 334 g/mol. The van der Waals surface area contributed by atoms with Crippen molar-refractivity contribution in [3.8, 4) is 11.5 Å². The minimum atomic E-state index is -2.83. The Hall–Kier alpha value is -2.41. The highest BCUT2D eigenvalue weighted by Gasteiger charge is 2.21. The zero-order valence-corrected chi connectivity index (χ0v) is 13.5. The van der Waals surface area contributed by atoms with Gasteiger partial charge in [0.05, 0.1) is 12.6 Å². The summed E-state index contributed by atoms with van der Waals surface area (Å²) in [5, 5.41) is 6.75. The Kier molecular flexibility index (Phi) is 5.10. The van der Waals surface area contributed by atoms with Gasteiger partial charge in [0.15, 0.2) is 5.11 Å². The number of para-hydroxylation sites is 1. The van der Waals surface area contributed by atoms with E-state index in [1.165, 1.54) is 12.1 Å². The van der Waals surface area contributed by atoms with Crippen LogP contribution in [0.1, 0.15) is 18.0 Å². The number of alkyl halides is 2. The monoisotopic (exact) mass is 350 g/mol. The van der Waals surface area contributed by atoms with Crippen LogP contribution in [0.5, 0.6) is 11.5 Å². The van der Waals surface area contributed by atoms with Crippen LogP contribution in [0.15, 0.2) is 48.5 Å². The fourth-order valence-corrected chi connectivity index (χ4v) is 2.80. The van der Waals surface area contributed by atoms with Gasteiger partial charge >= 0.3 is 6.61 Å². The highest BCUT2D eigenvalue weighted by Crippen LogP contribution is 2.31. The SMILES string of the molecule is FC(F)Oc1ccc(NC(=S)N[C@@H]2CCOc3ccccc32)cc1. The largest absolute Gasteiger partial charge is 0.493 e. The zero-order chi connectivity index (χ0) is 16.9. The first-order valence-corrected chi connectivity index (χ1v) is 7.87. The van der Waals surface area contributed by atoms with E-state index in [1.807, 2.05) is 24.3 Å². The molecule has 3 rings (SSSR count). The number of halogens is 2. The van der Waals surface area contributed by atoms with Crippen molar-refractivity contribution < 1.29 is 18.3 Å². The molecule has 0 amide bonds. The molecule has 0 bridgehead atoms. The first-order chi connectivity index (χ1) is 11.6. The van der Waals surface area contributed by atoms with Gasteiger partial charge in [0.2, 0.25) is 0 Å². The summed E-state index contributed by atoms with van der Waals surface area (Å²) in [6.07, 6.45) is 0.806. The molecule has 0 aromatic heterocycles. The minimum Gasteiger partial charge on any atom is -0.493 e. The van der Waals surface area contributed by atoms with Gasteiger partial charge in [-0.25, -0.2) is 0 Å². The van der Waals surface area contributed by atoms with Crippen LogP contribution >= 0.6 is 12.2 Å². The van der Waals surface area contributed by atoms with Gasteiger partial charge in [-0.2, -0.15) is 8.78 Å². The molecule has 24 heavy (non-hydrogen) atoms. The number of rotatable bonds is 4. The quantitative estimate of drug-likeness (QED) is 0.813. The molecule has 0 saturated heterocycles. The predicted molar refractivity (Wildman–Crippen MR) is 91.7 cm³/mol. The standard InChI is InChI=1S/C17H16F2N2O2S/c18-16(19)23-12-7-5-11(6-8-12)20-17(24)21-14-9-10-22-15-4-2-1-3-13(14)15/h1-8,14,16H,9-10H2,(H2,20,21,24)/t14-/m1/s1. The summed E-state index contributed by atoms with van der Waals surface area (Å²) < 4.78 is 34.2. The average Bonchev–Trinajstić information content (AvgIpc) is 2.56. The topological polar surface area (TPSA) is 42.5 Å². The Balaban J connectivity index is 1.60. The molecule has 0 saturated carbocycles. The lowest BCUT2D eigenvalue weighted by molar-refractivity contribution is -0.0498. The van der Waals surface area contributed by atoms with Gasteiger partial charge in [-0.3, -0.25) is 0 Å². The molecule has 1 heterocycles. The summed E-state index contributed by atoms with van der Waals surface area (Å²) in [4.78, 5) is 0. The number of hydrogen-bond donors (Lipinski definition) is 2. The van der Waals surface area contributed by atoms with Crippen molar-refractivity contribution in [2.75, 3.05) is 11.9 Å². The lowest BCUT2D eigenvalue weighted by Gasteiger charge is -2.27. The summed E-state index contributed by atoms with van der Waals surface area (Å²) >= 11 is 5.33. The summed E-state index contributed by atoms with van der Waals surface area (Å²) in [6, 6.07) is 14.1. The lowest BCUT2D eigenvalue weighted by Crippen LogP contribution is -2.35. The Morgan fingerprint density at radius 3 is 2.67 bits per heavy atom. The van der Waals surface area contributed by atoms with Gasteiger partial charge in [0, 0.05) is 17.7 Å². The van der Waals surface area contributed by atoms with E-state index >= 15 is 0 Å². The van der Waals surface area contributed by atoms with E-state index in [0.717, 1.165) is 17.7 Å². The van der Waals surface area contributed by atoms with E-state index in [0.29, 0.717) is 17.4 Å². The fraction of sp³-hybridized carbons (Fsp3) is 0.235. The third-order valence-corrected chi connectivity index (χ3v) is 3.82. The maximum atomic E-state index is 12.1. The molecule has 2 N–H and O–H groups in total. The molecule has 7 heteroatoms. The van der Waals surface area contributed by atoms with Crippen LogP contribution in [0.2, 0.25) is 0 Å². The second kappa shape index (κ2) is 7.44. The normalized spacial score (nSPS) is 16.0. The van der Waals surface area contributed by atoms with Crippen LogP contribution in [-0.2, 0) is 0 Å². The first kappa shape index (κ1) is 16.4. The average molecular weight is 350 g/mol. The van der Waals surface area contributed by atoms with E-state index in [2.05, 4.69) is 15.4 Å². The molecule has 0 spiro atoms. The number of ether oxygens (including phenoxy) is 2. The second-order valence-corrected chi connectivity index (χ2v) is 5.64. The molecule has 1 atom stereocenters. The van der Waals surface area contributed by atoms with Crippen LogP contribution in [-0.4, -0.2) is 18.3 Å². The minimum absolute atomic E-state index is 0.0661. The van der Waals surface area contributed by atoms with Gasteiger partial charge in [0.1, 0.15) is 11.5 Å².